The van der Waals surface area contributed by atoms with E-state index in [4.69, 9.17) is 12.6 Å². The smallest absolute Gasteiger partial charge is 0.307 e. The van der Waals surface area contributed by atoms with Crippen LogP contribution in [0.2, 0.25) is 0 Å². The summed E-state index contributed by atoms with van der Waals surface area (Å²) in [5, 5.41) is 13.3. The fourth-order valence-electron chi connectivity index (χ4n) is 2.09. The first-order chi connectivity index (χ1) is 12.8. The number of nitrogens with one attached hydrogen (secondary N) is 1. The van der Waals surface area contributed by atoms with Gasteiger partial charge in [-0.2, -0.15) is 0 Å². The van der Waals surface area contributed by atoms with Gasteiger partial charge in [-0.15, -0.1) is 0 Å². The zero-order valence-corrected chi connectivity index (χ0v) is 15.8. The van der Waals surface area contributed by atoms with Gasteiger partial charge < -0.3 is 14.8 Å². The minimum absolute atomic E-state index is 0.0558. The van der Waals surface area contributed by atoms with Crippen molar-refractivity contribution < 1.29 is 24.0 Å². The topological polar surface area (TPSA) is 108 Å². The van der Waals surface area contributed by atoms with Gasteiger partial charge in [0.05, 0.1) is 22.9 Å². The second-order valence-corrected chi connectivity index (χ2v) is 6.17. The van der Waals surface area contributed by atoms with Crippen molar-refractivity contribution in [1.82, 2.24) is 5.32 Å². The minimum atomic E-state index is -0.512. The Bertz CT molecular complexity index is 849. The second-order valence-electron chi connectivity index (χ2n) is 5.31. The predicted molar refractivity (Wildman–Crippen MR) is 102 cm³/mol. The Hall–Kier alpha value is -2.88. The number of ether oxygens (including phenoxy) is 2. The summed E-state index contributed by atoms with van der Waals surface area (Å²) < 4.78 is 10.6. The molecule has 8 nitrogen and oxygen atoms in total. The first kappa shape index (κ1) is 20.4. The molecule has 0 saturated heterocycles. The molecule has 2 aromatic rings. The van der Waals surface area contributed by atoms with E-state index in [1.807, 2.05) is 0 Å². The third-order valence-corrected chi connectivity index (χ3v) is 4.03. The Morgan fingerprint density at radius 2 is 1.93 bits per heavy atom. The number of carbonyl (C=O) groups is 2. The van der Waals surface area contributed by atoms with Crippen molar-refractivity contribution >= 4 is 46.8 Å². The summed E-state index contributed by atoms with van der Waals surface area (Å²) in [6, 6.07) is 8.45. The van der Waals surface area contributed by atoms with Gasteiger partial charge in [0.15, 0.2) is 0 Å². The third-order valence-electron chi connectivity index (χ3n) is 3.44. The lowest BCUT2D eigenvalue weighted by atomic mass is 9.93. The number of carbonyl (C=O) groups excluding carboxylic acids is 2. The molecule has 138 valence electrons. The Morgan fingerprint density at radius 1 is 1.26 bits per heavy atom. The summed E-state index contributed by atoms with van der Waals surface area (Å²) in [5.74, 6) is -0.214. The molecule has 0 saturated carbocycles. The van der Waals surface area contributed by atoms with E-state index >= 15 is 0 Å². The number of non-ortho nitro benzene ring substituents is 1. The Labute approximate surface area is 164 Å². The molecule has 0 unspecified atom stereocenters. The van der Waals surface area contributed by atoms with E-state index in [2.05, 4.69) is 26.0 Å². The van der Waals surface area contributed by atoms with Crippen LogP contribution in [-0.2, 0) is 9.53 Å². The van der Waals surface area contributed by atoms with Gasteiger partial charge in [-0.05, 0) is 34.1 Å². The monoisotopic (exact) mass is 432 g/mol. The molecule has 0 aliphatic rings. The number of esters is 1. The van der Waals surface area contributed by atoms with Crippen LogP contribution in [0.3, 0.4) is 0 Å². The molecule has 1 amide bonds. The molecule has 2 aromatic carbocycles. The van der Waals surface area contributed by atoms with Crippen molar-refractivity contribution in [1.29, 1.82) is 0 Å². The SMILES string of the molecule is [B]c1cc(C(=O)NCCC(=O)OC)cc(Br)c1Oc1ccc([N+](=O)[O-])cc1. The van der Waals surface area contributed by atoms with Crippen molar-refractivity contribution in [3.8, 4) is 11.5 Å². The summed E-state index contributed by atoms with van der Waals surface area (Å²) in [6.07, 6.45) is 0.0558. The highest BCUT2D eigenvalue weighted by atomic mass is 79.9. The number of rotatable bonds is 7. The van der Waals surface area contributed by atoms with Gasteiger partial charge in [-0.1, -0.05) is 11.5 Å². The van der Waals surface area contributed by atoms with E-state index in [1.54, 1.807) is 0 Å². The number of nitro benzene ring substituents is 1. The average molecular weight is 433 g/mol. The maximum atomic E-state index is 12.1. The Kier molecular flexibility index (Phi) is 6.94. The van der Waals surface area contributed by atoms with Crippen molar-refractivity contribution in [2.75, 3.05) is 13.7 Å². The van der Waals surface area contributed by atoms with Crippen LogP contribution < -0.4 is 15.5 Å². The molecule has 2 rings (SSSR count). The molecule has 27 heavy (non-hydrogen) atoms. The first-order valence-electron chi connectivity index (χ1n) is 7.68. The van der Waals surface area contributed by atoms with Crippen molar-refractivity contribution in [2.24, 2.45) is 0 Å². The molecule has 0 fully saturated rings. The Morgan fingerprint density at radius 3 is 2.48 bits per heavy atom. The molecule has 0 bridgehead atoms. The van der Waals surface area contributed by atoms with Crippen LogP contribution in [0.4, 0.5) is 5.69 Å². The lowest BCUT2D eigenvalue weighted by Crippen LogP contribution is -2.27. The molecule has 0 spiro atoms. The number of hydrogen-bond donors (Lipinski definition) is 1. The minimum Gasteiger partial charge on any atom is -0.469 e. The zero-order chi connectivity index (χ0) is 20.0. The van der Waals surface area contributed by atoms with Crippen molar-refractivity contribution in [2.45, 2.75) is 6.42 Å². The molecule has 0 aromatic heterocycles. The molecular weight excluding hydrogens is 419 g/mol. The standard InChI is InChI=1S/C17H14BBrN2O6/c1-26-15(22)6-7-20-17(23)10-8-13(18)16(14(19)9-10)27-12-4-2-11(3-5-12)21(24)25/h2-5,8-9H,6-7H2,1H3,(H,20,23). The lowest BCUT2D eigenvalue weighted by Gasteiger charge is -2.13. The van der Waals surface area contributed by atoms with Crippen LogP contribution in [0.1, 0.15) is 16.8 Å². The van der Waals surface area contributed by atoms with Crippen LogP contribution in [-0.4, -0.2) is 38.3 Å². The van der Waals surface area contributed by atoms with Gasteiger partial charge in [-0.25, -0.2) is 0 Å². The normalized spacial score (nSPS) is 10.1. The molecule has 10 heteroatoms. The zero-order valence-electron chi connectivity index (χ0n) is 14.2. The molecule has 0 heterocycles. The number of amides is 1. The van der Waals surface area contributed by atoms with Crippen LogP contribution >= 0.6 is 15.9 Å². The highest BCUT2D eigenvalue weighted by Gasteiger charge is 2.14. The summed E-state index contributed by atoms with van der Waals surface area (Å²) in [4.78, 5) is 33.4. The van der Waals surface area contributed by atoms with E-state index in [0.29, 0.717) is 10.2 Å². The average Bonchev–Trinajstić information content (AvgIpc) is 2.64. The third kappa shape index (κ3) is 5.55. The highest BCUT2D eigenvalue weighted by Crippen LogP contribution is 2.29. The molecular formula is C17H14BBrN2O6. The predicted octanol–water partition coefficient (Wildman–Crippen LogP) is 2.24. The summed E-state index contributed by atoms with van der Waals surface area (Å²) >= 11 is 3.30. The van der Waals surface area contributed by atoms with Crippen molar-refractivity contribution in [3.05, 3.63) is 56.5 Å². The largest absolute Gasteiger partial charge is 0.469 e. The van der Waals surface area contributed by atoms with E-state index < -0.39 is 16.8 Å². The molecule has 0 aliphatic carbocycles. The van der Waals surface area contributed by atoms with Crippen molar-refractivity contribution in [3.63, 3.8) is 0 Å². The fourth-order valence-corrected chi connectivity index (χ4v) is 2.65. The highest BCUT2D eigenvalue weighted by molar-refractivity contribution is 9.10. The van der Waals surface area contributed by atoms with Gasteiger partial charge in [0, 0.05) is 24.2 Å². The van der Waals surface area contributed by atoms with Gasteiger partial charge in [-0.3, -0.25) is 19.7 Å². The molecule has 2 radical (unpaired) electrons. The first-order valence-corrected chi connectivity index (χ1v) is 8.47. The molecule has 0 aliphatic heterocycles. The number of nitro groups is 1. The Balaban J connectivity index is 2.10. The quantitative estimate of drug-likeness (QED) is 0.311. The summed E-state index contributed by atoms with van der Waals surface area (Å²) in [7, 11) is 7.24. The van der Waals surface area contributed by atoms with Crippen LogP contribution in [0.5, 0.6) is 11.5 Å². The van der Waals surface area contributed by atoms with E-state index in [-0.39, 0.29) is 35.4 Å². The van der Waals surface area contributed by atoms with Crippen LogP contribution in [0.25, 0.3) is 0 Å². The number of halogens is 1. The molecule has 0 atom stereocenters. The van der Waals surface area contributed by atoms with E-state index in [9.17, 15) is 19.7 Å². The number of nitrogens with zero attached hydrogens (tertiary/aromatic N) is 1. The van der Waals surface area contributed by atoms with Gasteiger partial charge >= 0.3 is 5.97 Å². The van der Waals surface area contributed by atoms with Gasteiger partial charge in [0.25, 0.3) is 11.6 Å². The number of benzene rings is 2. The fraction of sp³-hybridized carbons (Fsp3) is 0.176. The number of hydrogen-bond acceptors (Lipinski definition) is 6. The summed E-state index contributed by atoms with van der Waals surface area (Å²) in [6.45, 7) is 0.129. The van der Waals surface area contributed by atoms with E-state index in [1.165, 1.54) is 43.5 Å². The summed E-state index contributed by atoms with van der Waals surface area (Å²) in [5.41, 5.74) is 0.412. The molecule has 1 N–H and O–H groups in total. The number of methoxy groups -OCH3 is 1. The van der Waals surface area contributed by atoms with Gasteiger partial charge in [0.1, 0.15) is 19.3 Å². The second kappa shape index (κ2) is 9.18. The maximum absolute atomic E-state index is 12.1. The maximum Gasteiger partial charge on any atom is 0.307 e. The van der Waals surface area contributed by atoms with Crippen LogP contribution in [0, 0.1) is 10.1 Å². The lowest BCUT2D eigenvalue weighted by molar-refractivity contribution is -0.384. The van der Waals surface area contributed by atoms with E-state index in [0.717, 1.165) is 0 Å². The van der Waals surface area contributed by atoms with Crippen LogP contribution in [0.15, 0.2) is 40.9 Å². The van der Waals surface area contributed by atoms with Gasteiger partial charge in [0.2, 0.25) is 0 Å².